The van der Waals surface area contributed by atoms with E-state index in [-0.39, 0.29) is 17.4 Å². The quantitative estimate of drug-likeness (QED) is 0.818. The van der Waals surface area contributed by atoms with Gasteiger partial charge in [0.25, 0.3) is 0 Å². The SMILES string of the molecule is O=C([C@@H]1CCOC1)N1CC2(C1)OCC[C@H]2CCOc1ccccn1. The summed E-state index contributed by atoms with van der Waals surface area (Å²) >= 11 is 0. The lowest BCUT2D eigenvalue weighted by atomic mass is 9.78. The van der Waals surface area contributed by atoms with Gasteiger partial charge < -0.3 is 19.1 Å². The van der Waals surface area contributed by atoms with Gasteiger partial charge in [0.2, 0.25) is 11.8 Å². The number of rotatable bonds is 5. The first-order chi connectivity index (χ1) is 11.8. The molecule has 4 heterocycles. The first-order valence-electron chi connectivity index (χ1n) is 8.81. The van der Waals surface area contributed by atoms with Crippen molar-refractivity contribution in [1.29, 1.82) is 0 Å². The fourth-order valence-corrected chi connectivity index (χ4v) is 4.02. The van der Waals surface area contributed by atoms with Crippen LogP contribution in [0.15, 0.2) is 24.4 Å². The van der Waals surface area contributed by atoms with Crippen LogP contribution in [0.2, 0.25) is 0 Å². The van der Waals surface area contributed by atoms with Crippen molar-refractivity contribution in [2.45, 2.75) is 24.9 Å². The van der Waals surface area contributed by atoms with Crippen LogP contribution in [0, 0.1) is 11.8 Å². The van der Waals surface area contributed by atoms with Gasteiger partial charge in [0.15, 0.2) is 0 Å². The number of likely N-dealkylation sites (tertiary alicyclic amines) is 1. The van der Waals surface area contributed by atoms with Crippen LogP contribution in [0.25, 0.3) is 0 Å². The predicted octanol–water partition coefficient (Wildman–Crippen LogP) is 1.50. The van der Waals surface area contributed by atoms with Crippen molar-refractivity contribution in [3.8, 4) is 5.88 Å². The van der Waals surface area contributed by atoms with E-state index in [9.17, 15) is 4.79 Å². The topological polar surface area (TPSA) is 60.9 Å². The van der Waals surface area contributed by atoms with E-state index in [0.717, 1.165) is 39.0 Å². The van der Waals surface area contributed by atoms with E-state index in [2.05, 4.69) is 4.98 Å². The van der Waals surface area contributed by atoms with E-state index in [1.54, 1.807) is 6.20 Å². The van der Waals surface area contributed by atoms with Crippen molar-refractivity contribution in [3.63, 3.8) is 0 Å². The third-order valence-corrected chi connectivity index (χ3v) is 5.46. The van der Waals surface area contributed by atoms with E-state index in [0.29, 0.717) is 31.6 Å². The number of hydrogen-bond acceptors (Lipinski definition) is 5. The second-order valence-corrected chi connectivity index (χ2v) is 6.96. The maximum Gasteiger partial charge on any atom is 0.228 e. The highest BCUT2D eigenvalue weighted by Crippen LogP contribution is 2.42. The molecule has 0 radical (unpaired) electrons. The molecule has 1 aromatic heterocycles. The number of hydrogen-bond donors (Lipinski definition) is 0. The normalized spacial score (nSPS) is 28.1. The molecule has 130 valence electrons. The monoisotopic (exact) mass is 332 g/mol. The van der Waals surface area contributed by atoms with Crippen LogP contribution >= 0.6 is 0 Å². The molecule has 4 rings (SSSR count). The van der Waals surface area contributed by atoms with Crippen molar-refractivity contribution in [3.05, 3.63) is 24.4 Å². The molecular weight excluding hydrogens is 308 g/mol. The predicted molar refractivity (Wildman–Crippen MR) is 86.6 cm³/mol. The van der Waals surface area contributed by atoms with Crippen LogP contribution in [0.1, 0.15) is 19.3 Å². The van der Waals surface area contributed by atoms with Gasteiger partial charge in [-0.05, 0) is 31.2 Å². The molecule has 6 heteroatoms. The van der Waals surface area contributed by atoms with Gasteiger partial charge >= 0.3 is 0 Å². The summed E-state index contributed by atoms with van der Waals surface area (Å²) in [6.07, 6.45) is 4.56. The summed E-state index contributed by atoms with van der Waals surface area (Å²) in [6.45, 7) is 4.14. The smallest absolute Gasteiger partial charge is 0.228 e. The Bertz CT molecular complexity index is 568. The summed E-state index contributed by atoms with van der Waals surface area (Å²) in [5, 5.41) is 0. The van der Waals surface area contributed by atoms with Crippen LogP contribution < -0.4 is 4.74 Å². The average molecular weight is 332 g/mol. The zero-order valence-electron chi connectivity index (χ0n) is 13.9. The Labute approximate surface area is 142 Å². The van der Waals surface area contributed by atoms with E-state index >= 15 is 0 Å². The highest BCUT2D eigenvalue weighted by molar-refractivity contribution is 5.80. The minimum atomic E-state index is -0.150. The summed E-state index contributed by atoms with van der Waals surface area (Å²) in [7, 11) is 0. The minimum absolute atomic E-state index is 0.0506. The largest absolute Gasteiger partial charge is 0.478 e. The number of carbonyl (C=O) groups is 1. The summed E-state index contributed by atoms with van der Waals surface area (Å²) in [5.74, 6) is 1.40. The first kappa shape index (κ1) is 15.8. The van der Waals surface area contributed by atoms with Gasteiger partial charge in [0.05, 0.1) is 32.2 Å². The van der Waals surface area contributed by atoms with Crippen molar-refractivity contribution >= 4 is 5.91 Å². The molecule has 0 aliphatic carbocycles. The maximum atomic E-state index is 12.4. The Morgan fingerprint density at radius 3 is 3.00 bits per heavy atom. The molecule has 24 heavy (non-hydrogen) atoms. The molecule has 0 unspecified atom stereocenters. The van der Waals surface area contributed by atoms with Crippen LogP contribution in [-0.2, 0) is 14.3 Å². The Hall–Kier alpha value is -1.66. The average Bonchev–Trinajstić information content (AvgIpc) is 3.24. The number of pyridine rings is 1. The minimum Gasteiger partial charge on any atom is -0.478 e. The summed E-state index contributed by atoms with van der Waals surface area (Å²) < 4.78 is 17.1. The Morgan fingerprint density at radius 2 is 2.25 bits per heavy atom. The van der Waals surface area contributed by atoms with Gasteiger partial charge in [0.1, 0.15) is 5.60 Å². The molecule has 0 bridgehead atoms. The van der Waals surface area contributed by atoms with Crippen LogP contribution in [0.4, 0.5) is 0 Å². The molecule has 6 nitrogen and oxygen atoms in total. The van der Waals surface area contributed by atoms with Gasteiger partial charge in [-0.3, -0.25) is 4.79 Å². The molecule has 2 atom stereocenters. The summed E-state index contributed by atoms with van der Waals surface area (Å²) in [6, 6.07) is 5.67. The number of amides is 1. The van der Waals surface area contributed by atoms with Crippen LogP contribution in [-0.4, -0.2) is 60.9 Å². The van der Waals surface area contributed by atoms with E-state index in [1.807, 2.05) is 23.1 Å². The van der Waals surface area contributed by atoms with E-state index < -0.39 is 0 Å². The second kappa shape index (κ2) is 6.69. The maximum absolute atomic E-state index is 12.4. The molecule has 3 aliphatic rings. The zero-order chi connectivity index (χ0) is 16.4. The number of nitrogens with zero attached hydrogens (tertiary/aromatic N) is 2. The number of carbonyl (C=O) groups excluding carboxylic acids is 1. The Morgan fingerprint density at radius 1 is 1.33 bits per heavy atom. The molecule has 0 N–H and O–H groups in total. The van der Waals surface area contributed by atoms with E-state index in [1.165, 1.54) is 0 Å². The van der Waals surface area contributed by atoms with Gasteiger partial charge in [0, 0.05) is 25.5 Å². The van der Waals surface area contributed by atoms with E-state index in [4.69, 9.17) is 14.2 Å². The lowest BCUT2D eigenvalue weighted by Gasteiger charge is -2.50. The highest BCUT2D eigenvalue weighted by Gasteiger charge is 2.54. The van der Waals surface area contributed by atoms with Gasteiger partial charge in [-0.2, -0.15) is 0 Å². The lowest BCUT2D eigenvalue weighted by Crippen LogP contribution is -2.67. The molecule has 0 aromatic carbocycles. The van der Waals surface area contributed by atoms with Crippen molar-refractivity contribution < 1.29 is 19.0 Å². The highest BCUT2D eigenvalue weighted by atomic mass is 16.5. The van der Waals surface area contributed by atoms with Crippen molar-refractivity contribution in [1.82, 2.24) is 9.88 Å². The fourth-order valence-electron chi connectivity index (χ4n) is 4.02. The first-order valence-corrected chi connectivity index (χ1v) is 8.81. The third kappa shape index (κ3) is 3.00. The Kier molecular flexibility index (Phi) is 4.41. The molecular formula is C18H24N2O4. The van der Waals surface area contributed by atoms with Crippen LogP contribution in [0.5, 0.6) is 5.88 Å². The van der Waals surface area contributed by atoms with Crippen LogP contribution in [0.3, 0.4) is 0 Å². The molecule has 0 saturated carbocycles. The fraction of sp³-hybridized carbons (Fsp3) is 0.667. The Balaban J connectivity index is 1.27. The summed E-state index contributed by atoms with van der Waals surface area (Å²) in [4.78, 5) is 18.5. The molecule has 3 aliphatic heterocycles. The second-order valence-electron chi connectivity index (χ2n) is 6.96. The molecule has 1 amide bonds. The standard InChI is InChI=1S/C18H24N2O4/c21-17(14-4-8-22-11-14)20-12-18(13-20)15(6-10-24-18)5-9-23-16-3-1-2-7-19-16/h1-3,7,14-15H,4-6,8-13H2/t14-,15-/m1/s1. The number of aromatic nitrogens is 1. The third-order valence-electron chi connectivity index (χ3n) is 5.46. The van der Waals surface area contributed by atoms with Gasteiger partial charge in [-0.15, -0.1) is 0 Å². The molecule has 1 spiro atoms. The molecule has 3 saturated heterocycles. The van der Waals surface area contributed by atoms with Gasteiger partial charge in [-0.1, -0.05) is 6.07 Å². The molecule has 1 aromatic rings. The molecule has 3 fully saturated rings. The lowest BCUT2D eigenvalue weighted by molar-refractivity contribution is -0.169. The number of ether oxygens (including phenoxy) is 3. The van der Waals surface area contributed by atoms with Crippen molar-refractivity contribution in [2.24, 2.45) is 11.8 Å². The zero-order valence-corrected chi connectivity index (χ0v) is 13.9. The van der Waals surface area contributed by atoms with Gasteiger partial charge in [-0.25, -0.2) is 4.98 Å². The summed E-state index contributed by atoms with van der Waals surface area (Å²) in [5.41, 5.74) is -0.150. The van der Waals surface area contributed by atoms with Crippen molar-refractivity contribution in [2.75, 3.05) is 39.5 Å².